The van der Waals surface area contributed by atoms with Gasteiger partial charge in [-0.25, -0.2) is 4.79 Å². The lowest BCUT2D eigenvalue weighted by Gasteiger charge is -2.25. The van der Waals surface area contributed by atoms with Crippen molar-refractivity contribution in [3.05, 3.63) is 35.9 Å². The molecule has 102 valence electrons. The number of hydrogen-bond acceptors (Lipinski definition) is 4. The van der Waals surface area contributed by atoms with Crippen molar-refractivity contribution < 1.29 is 24.5 Å². The maximum absolute atomic E-state index is 11.2. The SMILES string of the molecule is N[C@@](OCc1ccccc1)(C(=O)O)C1C[C@@H]1C(=O)O. The summed E-state index contributed by atoms with van der Waals surface area (Å²) in [4.78, 5) is 22.1. The van der Waals surface area contributed by atoms with Gasteiger partial charge in [-0.3, -0.25) is 10.5 Å². The number of carbonyl (C=O) groups is 2. The van der Waals surface area contributed by atoms with Crippen molar-refractivity contribution in [3.63, 3.8) is 0 Å². The first-order chi connectivity index (χ1) is 8.95. The fraction of sp³-hybridized carbons (Fsp3) is 0.385. The Kier molecular flexibility index (Phi) is 3.55. The van der Waals surface area contributed by atoms with Gasteiger partial charge in [-0.15, -0.1) is 0 Å². The van der Waals surface area contributed by atoms with Crippen LogP contribution in [0.4, 0.5) is 0 Å². The topological polar surface area (TPSA) is 110 Å². The average molecular weight is 265 g/mol. The molecule has 3 atom stereocenters. The predicted molar refractivity (Wildman–Crippen MR) is 65.0 cm³/mol. The van der Waals surface area contributed by atoms with Gasteiger partial charge in [0.05, 0.1) is 12.5 Å². The molecule has 0 saturated heterocycles. The molecule has 1 saturated carbocycles. The summed E-state index contributed by atoms with van der Waals surface area (Å²) >= 11 is 0. The zero-order chi connectivity index (χ0) is 14.0. The number of benzene rings is 1. The number of carboxylic acid groups (broad SMARTS) is 2. The summed E-state index contributed by atoms with van der Waals surface area (Å²) in [6.45, 7) is 0.0342. The number of hydrogen-bond donors (Lipinski definition) is 3. The maximum atomic E-state index is 11.2. The second-order valence-electron chi connectivity index (χ2n) is 4.66. The maximum Gasteiger partial charge on any atom is 0.351 e. The third kappa shape index (κ3) is 2.74. The molecular weight excluding hydrogens is 250 g/mol. The van der Waals surface area contributed by atoms with Crippen molar-refractivity contribution in [1.82, 2.24) is 0 Å². The Morgan fingerprint density at radius 3 is 2.42 bits per heavy atom. The van der Waals surface area contributed by atoms with Crippen LogP contribution in [0.25, 0.3) is 0 Å². The molecule has 1 aliphatic rings. The van der Waals surface area contributed by atoms with E-state index in [1.165, 1.54) is 0 Å². The molecule has 0 radical (unpaired) electrons. The zero-order valence-corrected chi connectivity index (χ0v) is 10.2. The molecule has 0 heterocycles. The van der Waals surface area contributed by atoms with Gasteiger partial charge in [0, 0.05) is 5.92 Å². The van der Waals surface area contributed by atoms with Crippen LogP contribution < -0.4 is 5.73 Å². The Morgan fingerprint density at radius 2 is 1.95 bits per heavy atom. The van der Waals surface area contributed by atoms with E-state index < -0.39 is 29.5 Å². The average Bonchev–Trinajstić information content (AvgIpc) is 3.17. The van der Waals surface area contributed by atoms with Crippen LogP contribution in [0.5, 0.6) is 0 Å². The third-order valence-electron chi connectivity index (χ3n) is 3.31. The first kappa shape index (κ1) is 13.5. The van der Waals surface area contributed by atoms with Crippen LogP contribution in [0.1, 0.15) is 12.0 Å². The standard InChI is InChI=1S/C13H15NO5/c14-13(12(17)18,10-6-9(10)11(15)16)19-7-8-4-2-1-3-5-8/h1-5,9-10H,6-7,14H2,(H,15,16)(H,17,18)/t9-,10?,13-/m0/s1. The molecule has 0 bridgehead atoms. The van der Waals surface area contributed by atoms with E-state index in [0.717, 1.165) is 5.56 Å². The molecule has 1 fully saturated rings. The largest absolute Gasteiger partial charge is 0.481 e. The van der Waals surface area contributed by atoms with E-state index in [4.69, 9.17) is 15.6 Å². The minimum atomic E-state index is -1.95. The lowest BCUT2D eigenvalue weighted by Crippen LogP contribution is -2.53. The lowest BCUT2D eigenvalue weighted by molar-refractivity contribution is -0.172. The summed E-state index contributed by atoms with van der Waals surface area (Å²) in [7, 11) is 0. The summed E-state index contributed by atoms with van der Waals surface area (Å²) in [6, 6.07) is 9.00. The van der Waals surface area contributed by atoms with Gasteiger partial charge in [-0.1, -0.05) is 30.3 Å². The van der Waals surface area contributed by atoms with Crippen LogP contribution in [-0.4, -0.2) is 27.9 Å². The minimum Gasteiger partial charge on any atom is -0.481 e. The Balaban J connectivity index is 2.05. The molecule has 6 nitrogen and oxygen atoms in total. The highest BCUT2D eigenvalue weighted by Crippen LogP contribution is 2.46. The highest BCUT2D eigenvalue weighted by molar-refractivity contribution is 5.81. The van der Waals surface area contributed by atoms with Crippen LogP contribution in [0.2, 0.25) is 0 Å². The van der Waals surface area contributed by atoms with Gasteiger partial charge in [0.1, 0.15) is 0 Å². The Bertz CT molecular complexity index is 489. The molecule has 1 aromatic carbocycles. The first-order valence-electron chi connectivity index (χ1n) is 5.88. The van der Waals surface area contributed by atoms with Gasteiger partial charge in [-0.05, 0) is 12.0 Å². The number of aliphatic carboxylic acids is 2. The van der Waals surface area contributed by atoms with E-state index in [2.05, 4.69) is 0 Å². The molecule has 6 heteroatoms. The molecule has 1 aliphatic carbocycles. The van der Waals surface area contributed by atoms with Crippen molar-refractivity contribution in [1.29, 1.82) is 0 Å². The predicted octanol–water partition coefficient (Wildman–Crippen LogP) is 0.664. The van der Waals surface area contributed by atoms with Crippen LogP contribution in [0.3, 0.4) is 0 Å². The number of rotatable bonds is 6. The molecule has 1 unspecified atom stereocenters. The Labute approximate surface area is 109 Å². The van der Waals surface area contributed by atoms with Gasteiger partial charge in [0.25, 0.3) is 0 Å². The smallest absolute Gasteiger partial charge is 0.351 e. The zero-order valence-electron chi connectivity index (χ0n) is 10.2. The second kappa shape index (κ2) is 4.99. The second-order valence-corrected chi connectivity index (χ2v) is 4.66. The van der Waals surface area contributed by atoms with E-state index in [-0.39, 0.29) is 13.0 Å². The van der Waals surface area contributed by atoms with Crippen molar-refractivity contribution in [2.45, 2.75) is 18.8 Å². The highest BCUT2D eigenvalue weighted by Gasteiger charge is 2.59. The Hall–Kier alpha value is -1.92. The van der Waals surface area contributed by atoms with Crippen molar-refractivity contribution in [2.24, 2.45) is 17.6 Å². The quantitative estimate of drug-likeness (QED) is 0.652. The van der Waals surface area contributed by atoms with Crippen molar-refractivity contribution >= 4 is 11.9 Å². The number of carboxylic acids is 2. The van der Waals surface area contributed by atoms with E-state index >= 15 is 0 Å². The molecule has 0 spiro atoms. The summed E-state index contributed by atoms with van der Waals surface area (Å²) < 4.78 is 5.30. The summed E-state index contributed by atoms with van der Waals surface area (Å²) in [5.74, 6) is -3.80. The van der Waals surface area contributed by atoms with Gasteiger partial charge >= 0.3 is 11.9 Å². The molecule has 1 aromatic rings. The van der Waals surface area contributed by atoms with E-state index in [1.54, 1.807) is 24.3 Å². The number of nitrogens with two attached hydrogens (primary N) is 1. The van der Waals surface area contributed by atoms with E-state index in [9.17, 15) is 14.7 Å². The van der Waals surface area contributed by atoms with Crippen LogP contribution in [0, 0.1) is 11.8 Å². The summed E-state index contributed by atoms with van der Waals surface area (Å²) in [5, 5.41) is 18.0. The molecular formula is C13H15NO5. The van der Waals surface area contributed by atoms with Crippen LogP contribution in [0.15, 0.2) is 30.3 Å². The van der Waals surface area contributed by atoms with Gasteiger partial charge < -0.3 is 14.9 Å². The highest BCUT2D eigenvalue weighted by atomic mass is 16.5. The molecule has 19 heavy (non-hydrogen) atoms. The Morgan fingerprint density at radius 1 is 1.32 bits per heavy atom. The molecule has 0 aliphatic heterocycles. The molecule has 4 N–H and O–H groups in total. The normalized spacial score (nSPS) is 24.5. The van der Waals surface area contributed by atoms with E-state index in [1.807, 2.05) is 6.07 Å². The fourth-order valence-electron chi connectivity index (χ4n) is 2.05. The monoisotopic (exact) mass is 265 g/mol. The molecule has 0 amide bonds. The van der Waals surface area contributed by atoms with Gasteiger partial charge in [0.15, 0.2) is 0 Å². The van der Waals surface area contributed by atoms with Gasteiger partial charge in [-0.2, -0.15) is 0 Å². The van der Waals surface area contributed by atoms with Crippen molar-refractivity contribution in [2.75, 3.05) is 0 Å². The van der Waals surface area contributed by atoms with Crippen LogP contribution >= 0.6 is 0 Å². The number of ether oxygens (including phenoxy) is 1. The summed E-state index contributed by atoms with van der Waals surface area (Å²) in [6.07, 6.45) is 0.229. The first-order valence-corrected chi connectivity index (χ1v) is 5.88. The van der Waals surface area contributed by atoms with Crippen LogP contribution in [-0.2, 0) is 20.9 Å². The molecule has 0 aromatic heterocycles. The van der Waals surface area contributed by atoms with E-state index in [0.29, 0.717) is 0 Å². The summed E-state index contributed by atoms with van der Waals surface area (Å²) in [5.41, 5.74) is 4.57. The van der Waals surface area contributed by atoms with Gasteiger partial charge in [0.2, 0.25) is 5.72 Å². The third-order valence-corrected chi connectivity index (χ3v) is 3.31. The fourth-order valence-corrected chi connectivity index (χ4v) is 2.05. The lowest BCUT2D eigenvalue weighted by atomic mass is 10.1. The minimum absolute atomic E-state index is 0.0342. The van der Waals surface area contributed by atoms with Crippen molar-refractivity contribution in [3.8, 4) is 0 Å². The molecule has 2 rings (SSSR count).